The zero-order valence-electron chi connectivity index (χ0n) is 11.5. The molecule has 1 unspecified atom stereocenters. The van der Waals surface area contributed by atoms with E-state index in [-0.39, 0.29) is 6.09 Å². The molecule has 4 heteroatoms. The van der Waals surface area contributed by atoms with E-state index in [0.29, 0.717) is 12.5 Å². The van der Waals surface area contributed by atoms with Crippen LogP contribution in [0.3, 0.4) is 0 Å². The van der Waals surface area contributed by atoms with Gasteiger partial charge >= 0.3 is 6.09 Å². The number of hydrogen-bond acceptors (Lipinski definition) is 3. The van der Waals surface area contributed by atoms with Crippen LogP contribution in [0.4, 0.5) is 4.79 Å². The molecule has 0 saturated carbocycles. The van der Waals surface area contributed by atoms with Gasteiger partial charge in [0.1, 0.15) is 17.1 Å². The Hall–Kier alpha value is -1.45. The van der Waals surface area contributed by atoms with Gasteiger partial charge in [0, 0.05) is 19.0 Å². The SMILES string of the molecule is Cc1ccc(C2CCN(C(=O)OC(C)(C)C)C2)o1. The highest BCUT2D eigenvalue weighted by Crippen LogP contribution is 2.29. The number of nitrogens with zero attached hydrogens (tertiary/aromatic N) is 1. The number of hydrogen-bond donors (Lipinski definition) is 0. The summed E-state index contributed by atoms with van der Waals surface area (Å²) >= 11 is 0. The Labute approximate surface area is 108 Å². The lowest BCUT2D eigenvalue weighted by atomic mass is 10.1. The average Bonchev–Trinajstić information content (AvgIpc) is 2.82. The molecule has 2 rings (SSSR count). The van der Waals surface area contributed by atoms with Crippen molar-refractivity contribution in [3.05, 3.63) is 23.7 Å². The molecule has 1 aromatic rings. The molecule has 1 aliphatic rings. The van der Waals surface area contributed by atoms with Gasteiger partial charge in [0.15, 0.2) is 0 Å². The second kappa shape index (κ2) is 4.67. The smallest absolute Gasteiger partial charge is 0.410 e. The van der Waals surface area contributed by atoms with E-state index < -0.39 is 5.60 Å². The topological polar surface area (TPSA) is 42.7 Å². The van der Waals surface area contributed by atoms with Gasteiger partial charge in [0.2, 0.25) is 0 Å². The maximum atomic E-state index is 11.9. The largest absolute Gasteiger partial charge is 0.466 e. The summed E-state index contributed by atoms with van der Waals surface area (Å²) in [6, 6.07) is 3.96. The van der Waals surface area contributed by atoms with E-state index in [2.05, 4.69) is 0 Å². The Morgan fingerprint density at radius 3 is 2.72 bits per heavy atom. The minimum atomic E-state index is -0.434. The number of carbonyl (C=O) groups excluding carboxylic acids is 1. The van der Waals surface area contributed by atoms with Gasteiger partial charge in [-0.3, -0.25) is 0 Å². The number of amides is 1. The lowest BCUT2D eigenvalue weighted by Gasteiger charge is -2.24. The van der Waals surface area contributed by atoms with Crippen molar-refractivity contribution >= 4 is 6.09 Å². The van der Waals surface area contributed by atoms with Gasteiger partial charge in [0.05, 0.1) is 0 Å². The number of likely N-dealkylation sites (tertiary alicyclic amines) is 1. The second-order valence-corrected chi connectivity index (χ2v) is 5.86. The fourth-order valence-corrected chi connectivity index (χ4v) is 2.16. The first-order valence-corrected chi connectivity index (χ1v) is 6.39. The molecule has 2 heterocycles. The van der Waals surface area contributed by atoms with E-state index in [1.54, 1.807) is 4.90 Å². The number of carbonyl (C=O) groups is 1. The van der Waals surface area contributed by atoms with Gasteiger partial charge in [-0.15, -0.1) is 0 Å². The van der Waals surface area contributed by atoms with Crippen LogP contribution < -0.4 is 0 Å². The summed E-state index contributed by atoms with van der Waals surface area (Å²) in [6.07, 6.45) is 0.708. The summed E-state index contributed by atoms with van der Waals surface area (Å²) in [6.45, 7) is 9.00. The molecular weight excluding hydrogens is 230 g/mol. The highest BCUT2D eigenvalue weighted by molar-refractivity contribution is 5.68. The third kappa shape index (κ3) is 3.06. The predicted molar refractivity (Wildman–Crippen MR) is 68.6 cm³/mol. The molecule has 0 radical (unpaired) electrons. The first kappa shape index (κ1) is 13.0. The maximum absolute atomic E-state index is 11.9. The van der Waals surface area contributed by atoms with E-state index in [4.69, 9.17) is 9.15 Å². The summed E-state index contributed by atoms with van der Waals surface area (Å²) in [7, 11) is 0. The second-order valence-electron chi connectivity index (χ2n) is 5.86. The lowest BCUT2D eigenvalue weighted by Crippen LogP contribution is -2.35. The van der Waals surface area contributed by atoms with Crippen molar-refractivity contribution in [3.63, 3.8) is 0 Å². The lowest BCUT2D eigenvalue weighted by molar-refractivity contribution is 0.0292. The molecule has 1 fully saturated rings. The fraction of sp³-hybridized carbons (Fsp3) is 0.643. The summed E-state index contributed by atoms with van der Waals surface area (Å²) in [5.74, 6) is 2.19. The Kier molecular flexibility index (Phi) is 3.37. The van der Waals surface area contributed by atoms with E-state index in [0.717, 1.165) is 24.5 Å². The maximum Gasteiger partial charge on any atom is 0.410 e. The minimum absolute atomic E-state index is 0.228. The van der Waals surface area contributed by atoms with Crippen LogP contribution in [0.1, 0.15) is 44.6 Å². The van der Waals surface area contributed by atoms with Crippen molar-refractivity contribution in [2.45, 2.75) is 45.6 Å². The van der Waals surface area contributed by atoms with E-state index in [9.17, 15) is 4.79 Å². The molecule has 0 N–H and O–H groups in total. The number of furan rings is 1. The van der Waals surface area contributed by atoms with E-state index in [1.165, 1.54) is 0 Å². The molecular formula is C14H21NO3. The van der Waals surface area contributed by atoms with Gasteiger partial charge in [-0.25, -0.2) is 4.79 Å². The van der Waals surface area contributed by atoms with Gasteiger partial charge in [-0.1, -0.05) is 0 Å². The van der Waals surface area contributed by atoms with Gasteiger partial charge in [-0.05, 0) is 46.2 Å². The molecule has 1 amide bonds. The Balaban J connectivity index is 1.94. The van der Waals surface area contributed by atoms with Crippen molar-refractivity contribution in [3.8, 4) is 0 Å². The van der Waals surface area contributed by atoms with Crippen LogP contribution in [-0.4, -0.2) is 29.7 Å². The molecule has 1 saturated heterocycles. The third-order valence-electron chi connectivity index (χ3n) is 3.00. The van der Waals surface area contributed by atoms with Gasteiger partial charge in [0.25, 0.3) is 0 Å². The van der Waals surface area contributed by atoms with Crippen molar-refractivity contribution < 1.29 is 13.9 Å². The van der Waals surface area contributed by atoms with Gasteiger partial charge < -0.3 is 14.1 Å². The van der Waals surface area contributed by atoms with Crippen LogP contribution in [0.2, 0.25) is 0 Å². The van der Waals surface area contributed by atoms with Crippen LogP contribution in [0.15, 0.2) is 16.5 Å². The molecule has 1 aliphatic heterocycles. The minimum Gasteiger partial charge on any atom is -0.466 e. The Morgan fingerprint density at radius 1 is 1.44 bits per heavy atom. The highest BCUT2D eigenvalue weighted by atomic mass is 16.6. The number of aryl methyl sites for hydroxylation is 1. The number of ether oxygens (including phenoxy) is 1. The van der Waals surface area contributed by atoms with Crippen molar-refractivity contribution in [1.29, 1.82) is 0 Å². The highest BCUT2D eigenvalue weighted by Gasteiger charge is 2.31. The average molecular weight is 251 g/mol. The number of rotatable bonds is 1. The van der Waals surface area contributed by atoms with Crippen molar-refractivity contribution in [1.82, 2.24) is 4.90 Å². The molecule has 0 aliphatic carbocycles. The third-order valence-corrected chi connectivity index (χ3v) is 3.00. The molecule has 4 nitrogen and oxygen atoms in total. The molecule has 1 aromatic heterocycles. The summed E-state index contributed by atoms with van der Waals surface area (Å²) in [5.41, 5.74) is -0.434. The Morgan fingerprint density at radius 2 is 2.17 bits per heavy atom. The van der Waals surface area contributed by atoms with Crippen LogP contribution in [-0.2, 0) is 4.74 Å². The first-order valence-electron chi connectivity index (χ1n) is 6.39. The summed E-state index contributed by atoms with van der Waals surface area (Å²) in [4.78, 5) is 13.7. The molecule has 1 atom stereocenters. The molecule has 0 bridgehead atoms. The van der Waals surface area contributed by atoms with E-state index >= 15 is 0 Å². The van der Waals surface area contributed by atoms with Crippen LogP contribution >= 0.6 is 0 Å². The van der Waals surface area contributed by atoms with Crippen LogP contribution in [0.5, 0.6) is 0 Å². The standard InChI is InChI=1S/C14H21NO3/c1-10-5-6-12(17-10)11-7-8-15(9-11)13(16)18-14(2,3)4/h5-6,11H,7-9H2,1-4H3. The zero-order valence-corrected chi connectivity index (χ0v) is 11.5. The molecule has 0 spiro atoms. The first-order chi connectivity index (χ1) is 8.35. The Bertz CT molecular complexity index is 430. The summed E-state index contributed by atoms with van der Waals surface area (Å²) in [5, 5.41) is 0. The molecule has 0 aromatic carbocycles. The van der Waals surface area contributed by atoms with Crippen LogP contribution in [0.25, 0.3) is 0 Å². The van der Waals surface area contributed by atoms with E-state index in [1.807, 2.05) is 39.8 Å². The van der Waals surface area contributed by atoms with Crippen molar-refractivity contribution in [2.75, 3.05) is 13.1 Å². The van der Waals surface area contributed by atoms with Crippen molar-refractivity contribution in [2.24, 2.45) is 0 Å². The zero-order chi connectivity index (χ0) is 13.3. The quantitative estimate of drug-likeness (QED) is 0.769. The monoisotopic (exact) mass is 251 g/mol. The molecule has 100 valence electrons. The van der Waals surface area contributed by atoms with Crippen LogP contribution in [0, 0.1) is 6.92 Å². The van der Waals surface area contributed by atoms with Gasteiger partial charge in [-0.2, -0.15) is 0 Å². The summed E-state index contributed by atoms with van der Waals surface area (Å²) < 4.78 is 11.0. The normalized spacial score (nSPS) is 20.2. The fourth-order valence-electron chi connectivity index (χ4n) is 2.16. The molecule has 18 heavy (non-hydrogen) atoms. The predicted octanol–water partition coefficient (Wildman–Crippen LogP) is 3.31.